The van der Waals surface area contributed by atoms with Crippen molar-refractivity contribution in [2.75, 3.05) is 0 Å². The molecule has 0 fully saturated rings. The number of alkyl halides is 3. The predicted octanol–water partition coefficient (Wildman–Crippen LogP) is 12.2. The van der Waals surface area contributed by atoms with Gasteiger partial charge in [-0.15, -0.1) is 0 Å². The lowest BCUT2D eigenvalue weighted by Crippen LogP contribution is -2.24. The zero-order chi connectivity index (χ0) is 34.8. The molecule has 2 nitrogen and oxygen atoms in total. The highest BCUT2D eigenvalue weighted by Crippen LogP contribution is 2.42. The quantitative estimate of drug-likeness (QED) is 0.210. The summed E-state index contributed by atoms with van der Waals surface area (Å²) in [6.45, 7) is 3.69. The van der Waals surface area contributed by atoms with Gasteiger partial charge in [-0.25, -0.2) is 0 Å². The standard InChI is InChI=1S/C20H18BrClO.C19H11BrClF3O/c1-20(2,23)19-14(6-3-13-4-8-17(22)9-5-13)11-15-12-16(21)7-10-18(15)19;20-14-5-8-16-13(10-14)9-12(17(16)18(25)19(22,23)24)4-1-11-2-6-15(21)7-3-11/h3-10,12,23H,11H2,1-2H3;1-8,10H,9H2/b6-3+;4-1+. The van der Waals surface area contributed by atoms with Gasteiger partial charge in [0.05, 0.1) is 5.60 Å². The number of halogens is 7. The third-order valence-electron chi connectivity index (χ3n) is 7.87. The van der Waals surface area contributed by atoms with Crippen molar-refractivity contribution in [2.45, 2.75) is 38.5 Å². The van der Waals surface area contributed by atoms with Crippen LogP contribution in [0.2, 0.25) is 10.0 Å². The van der Waals surface area contributed by atoms with Gasteiger partial charge in [-0.2, -0.15) is 13.2 Å². The zero-order valence-corrected chi connectivity index (χ0v) is 30.5. The number of carbonyl (C=O) groups is 1. The Morgan fingerprint density at radius 2 is 1.12 bits per heavy atom. The highest BCUT2D eigenvalue weighted by molar-refractivity contribution is 9.10. The molecule has 0 saturated heterocycles. The number of rotatable bonds is 6. The largest absolute Gasteiger partial charge is 0.454 e. The first-order chi connectivity index (χ1) is 22.6. The molecule has 0 aromatic heterocycles. The predicted molar refractivity (Wildman–Crippen MR) is 198 cm³/mol. The van der Waals surface area contributed by atoms with Crippen molar-refractivity contribution < 1.29 is 23.1 Å². The van der Waals surface area contributed by atoms with Crippen LogP contribution in [-0.2, 0) is 17.6 Å². The summed E-state index contributed by atoms with van der Waals surface area (Å²) in [7, 11) is 0. The molecule has 9 heteroatoms. The third-order valence-corrected chi connectivity index (χ3v) is 9.36. The summed E-state index contributed by atoms with van der Waals surface area (Å²) in [6, 6.07) is 25.8. The number of carbonyl (C=O) groups excluding carboxylic acids is 1. The Morgan fingerprint density at radius 3 is 1.60 bits per heavy atom. The van der Waals surface area contributed by atoms with Gasteiger partial charge in [-0.3, -0.25) is 4.79 Å². The molecule has 4 aromatic rings. The average molecular weight is 817 g/mol. The van der Waals surface area contributed by atoms with E-state index >= 15 is 0 Å². The maximum Gasteiger partial charge on any atom is 0.454 e. The lowest BCUT2D eigenvalue weighted by atomic mass is 9.90. The van der Waals surface area contributed by atoms with Gasteiger partial charge in [0.15, 0.2) is 0 Å². The van der Waals surface area contributed by atoms with Crippen molar-refractivity contribution in [1.82, 2.24) is 0 Å². The smallest absolute Gasteiger partial charge is 0.386 e. The van der Waals surface area contributed by atoms with E-state index in [-0.39, 0.29) is 12.0 Å². The molecule has 48 heavy (non-hydrogen) atoms. The minimum atomic E-state index is -4.91. The van der Waals surface area contributed by atoms with Crippen molar-refractivity contribution >= 4 is 84.1 Å². The fourth-order valence-electron chi connectivity index (χ4n) is 5.80. The highest BCUT2D eigenvalue weighted by atomic mass is 79.9. The maximum atomic E-state index is 13.0. The van der Waals surface area contributed by atoms with Crippen LogP contribution in [0.15, 0.2) is 117 Å². The van der Waals surface area contributed by atoms with Gasteiger partial charge in [0.1, 0.15) is 0 Å². The van der Waals surface area contributed by atoms with E-state index in [1.807, 2.05) is 44.2 Å². The van der Waals surface area contributed by atoms with Crippen LogP contribution in [0.3, 0.4) is 0 Å². The van der Waals surface area contributed by atoms with Crippen molar-refractivity contribution in [1.29, 1.82) is 0 Å². The zero-order valence-electron chi connectivity index (χ0n) is 25.8. The second-order valence-corrected chi connectivity index (χ2v) is 14.6. The maximum absolute atomic E-state index is 13.0. The summed E-state index contributed by atoms with van der Waals surface area (Å²) < 4.78 is 40.9. The Hall–Kier alpha value is -3.20. The van der Waals surface area contributed by atoms with Crippen LogP contribution in [0.25, 0.3) is 23.3 Å². The molecule has 0 radical (unpaired) electrons. The van der Waals surface area contributed by atoms with Crippen molar-refractivity contribution in [3.05, 3.63) is 161 Å². The molecule has 0 bridgehead atoms. The first-order valence-electron chi connectivity index (χ1n) is 14.9. The van der Waals surface area contributed by atoms with Crippen LogP contribution in [0, 0.1) is 0 Å². The topological polar surface area (TPSA) is 37.3 Å². The molecule has 0 atom stereocenters. The van der Waals surface area contributed by atoms with E-state index < -0.39 is 17.6 Å². The summed E-state index contributed by atoms with van der Waals surface area (Å²) in [5.41, 5.74) is 6.64. The van der Waals surface area contributed by atoms with Gasteiger partial charge < -0.3 is 5.11 Å². The summed E-state index contributed by atoms with van der Waals surface area (Å²) in [4.78, 5) is 11.9. The minimum absolute atomic E-state index is 0.274. The molecule has 6 rings (SSSR count). The SMILES string of the molecule is CC(C)(O)C1=C(/C=C/c2ccc(Cl)cc2)Cc2cc(Br)ccc21.O=C(C1=C(/C=C/c2ccc(Cl)cc2)Cc2cc(Br)ccc21)C(F)(F)F. The van der Waals surface area contributed by atoms with Crippen LogP contribution in [0.4, 0.5) is 13.2 Å². The molecule has 0 spiro atoms. The molecular weight excluding hydrogens is 788 g/mol. The van der Waals surface area contributed by atoms with Crippen molar-refractivity contribution in [2.24, 2.45) is 0 Å². The number of hydrogen-bond donors (Lipinski definition) is 1. The van der Waals surface area contributed by atoms with E-state index in [1.54, 1.807) is 54.6 Å². The van der Waals surface area contributed by atoms with E-state index in [9.17, 15) is 23.1 Å². The molecule has 4 aromatic carbocycles. The van der Waals surface area contributed by atoms with Crippen LogP contribution in [0.5, 0.6) is 0 Å². The molecule has 2 aliphatic carbocycles. The molecule has 1 N–H and O–H groups in total. The number of fused-ring (bicyclic) bond motifs is 2. The lowest BCUT2D eigenvalue weighted by Gasteiger charge is -2.22. The van der Waals surface area contributed by atoms with Gasteiger partial charge in [0, 0.05) is 24.6 Å². The highest BCUT2D eigenvalue weighted by Gasteiger charge is 2.43. The number of aliphatic hydroxyl groups is 1. The Balaban J connectivity index is 0.000000188. The van der Waals surface area contributed by atoms with Gasteiger partial charge >= 0.3 is 6.18 Å². The van der Waals surface area contributed by atoms with Gasteiger partial charge in [0.25, 0.3) is 5.78 Å². The fraction of sp³-hybridized carbons (Fsp3) is 0.154. The molecule has 2 aliphatic rings. The van der Waals surface area contributed by atoms with Crippen LogP contribution in [-0.4, -0.2) is 22.7 Å². The molecular formula is C39H29Br2Cl2F3O2. The van der Waals surface area contributed by atoms with Crippen LogP contribution < -0.4 is 0 Å². The third kappa shape index (κ3) is 8.68. The Kier molecular flexibility index (Phi) is 11.1. The molecule has 0 aliphatic heterocycles. The molecule has 0 amide bonds. The second kappa shape index (κ2) is 14.7. The minimum Gasteiger partial charge on any atom is -0.386 e. The van der Waals surface area contributed by atoms with E-state index in [0.29, 0.717) is 21.7 Å². The normalized spacial score (nSPS) is 14.5. The van der Waals surface area contributed by atoms with Crippen molar-refractivity contribution in [3.8, 4) is 0 Å². The average Bonchev–Trinajstić information content (AvgIpc) is 3.57. The number of benzene rings is 4. The van der Waals surface area contributed by atoms with E-state index in [2.05, 4.69) is 56.1 Å². The van der Waals surface area contributed by atoms with Crippen LogP contribution >= 0.6 is 55.1 Å². The van der Waals surface area contributed by atoms with Gasteiger partial charge in [0.2, 0.25) is 0 Å². The lowest BCUT2D eigenvalue weighted by molar-refractivity contribution is -0.164. The molecule has 0 saturated carbocycles. The Bertz CT molecular complexity index is 1980. The Labute approximate surface area is 304 Å². The van der Waals surface area contributed by atoms with Gasteiger partial charge in [-0.05, 0) is 125 Å². The van der Waals surface area contributed by atoms with Gasteiger partial charge in [-0.1, -0.05) is 116 Å². The number of allylic oxidation sites excluding steroid dienone is 5. The van der Waals surface area contributed by atoms with Crippen molar-refractivity contribution in [3.63, 3.8) is 0 Å². The summed E-state index contributed by atoms with van der Waals surface area (Å²) in [5, 5.41) is 11.9. The molecule has 246 valence electrons. The monoisotopic (exact) mass is 814 g/mol. The van der Waals surface area contributed by atoms with E-state index in [0.717, 1.165) is 48.2 Å². The first kappa shape index (κ1) is 36.1. The summed E-state index contributed by atoms with van der Waals surface area (Å²) in [5.74, 6) is -1.82. The second-order valence-electron chi connectivity index (χ2n) is 11.9. The van der Waals surface area contributed by atoms with E-state index in [1.165, 1.54) is 5.56 Å². The Morgan fingerprint density at radius 1 is 0.688 bits per heavy atom. The van der Waals surface area contributed by atoms with Crippen LogP contribution in [0.1, 0.15) is 47.2 Å². The molecule has 0 unspecified atom stereocenters. The number of hydrogen-bond acceptors (Lipinski definition) is 2. The summed E-state index contributed by atoms with van der Waals surface area (Å²) in [6.07, 6.45) is 3.60. The summed E-state index contributed by atoms with van der Waals surface area (Å²) >= 11 is 18.6. The number of Topliss-reactive ketones (excluding diaryl/α,β-unsaturated/α-hetero) is 1. The number of ketones is 1. The van der Waals surface area contributed by atoms with E-state index in [4.69, 9.17) is 23.2 Å². The fourth-order valence-corrected chi connectivity index (χ4v) is 6.87. The first-order valence-corrected chi connectivity index (χ1v) is 17.2. The molecule has 0 heterocycles.